The molecule has 0 saturated carbocycles. The summed E-state index contributed by atoms with van der Waals surface area (Å²) in [6, 6.07) is 4.44. The van der Waals surface area contributed by atoms with Crippen molar-refractivity contribution in [1.29, 1.82) is 0 Å². The first-order chi connectivity index (χ1) is 8.49. The van der Waals surface area contributed by atoms with E-state index < -0.39 is 11.0 Å². The Kier molecular flexibility index (Phi) is 3.29. The average molecular weight is 250 g/mol. The van der Waals surface area contributed by atoms with E-state index in [0.717, 1.165) is 0 Å². The average Bonchev–Trinajstić information content (AvgIpc) is 2.75. The third kappa shape index (κ3) is 2.33. The molecule has 1 fully saturated rings. The van der Waals surface area contributed by atoms with Gasteiger partial charge < -0.3 is 10.0 Å². The van der Waals surface area contributed by atoms with Gasteiger partial charge in [-0.05, 0) is 19.4 Å². The highest BCUT2D eigenvalue weighted by molar-refractivity contribution is 5.95. The maximum Gasteiger partial charge on any atom is 0.273 e. The number of aryl methyl sites for hydroxylation is 1. The van der Waals surface area contributed by atoms with Gasteiger partial charge in [-0.1, -0.05) is 6.07 Å². The van der Waals surface area contributed by atoms with E-state index in [1.165, 1.54) is 11.0 Å². The van der Waals surface area contributed by atoms with Crippen LogP contribution in [0.4, 0.5) is 5.69 Å². The second-order valence-electron chi connectivity index (χ2n) is 4.45. The smallest absolute Gasteiger partial charge is 0.273 e. The largest absolute Gasteiger partial charge is 0.391 e. The number of hydrogen-bond acceptors (Lipinski definition) is 4. The normalized spacial score (nSPS) is 19.0. The van der Waals surface area contributed by atoms with Gasteiger partial charge in [0.05, 0.1) is 11.0 Å². The summed E-state index contributed by atoms with van der Waals surface area (Å²) in [5.74, 6) is -0.269. The first-order valence-corrected chi connectivity index (χ1v) is 5.71. The second-order valence-corrected chi connectivity index (χ2v) is 4.45. The van der Waals surface area contributed by atoms with Crippen LogP contribution >= 0.6 is 0 Å². The van der Waals surface area contributed by atoms with Gasteiger partial charge >= 0.3 is 0 Å². The highest BCUT2D eigenvalue weighted by Crippen LogP contribution is 2.21. The summed E-state index contributed by atoms with van der Waals surface area (Å²) in [6.45, 7) is 2.41. The fourth-order valence-electron chi connectivity index (χ4n) is 2.05. The van der Waals surface area contributed by atoms with Gasteiger partial charge in [-0.25, -0.2) is 0 Å². The summed E-state index contributed by atoms with van der Waals surface area (Å²) in [5.41, 5.74) is 0.764. The van der Waals surface area contributed by atoms with Crippen LogP contribution in [0, 0.1) is 17.0 Å². The number of aliphatic hydroxyl groups excluding tert-OH is 1. The molecule has 6 nitrogen and oxygen atoms in total. The van der Waals surface area contributed by atoms with Crippen molar-refractivity contribution in [2.24, 2.45) is 0 Å². The van der Waals surface area contributed by atoms with E-state index in [-0.39, 0.29) is 11.6 Å². The number of rotatable bonds is 2. The zero-order valence-corrected chi connectivity index (χ0v) is 10.00. The zero-order valence-electron chi connectivity index (χ0n) is 10.00. The first-order valence-electron chi connectivity index (χ1n) is 5.71. The Balaban J connectivity index is 2.26. The number of likely N-dealkylation sites (tertiary alicyclic amines) is 1. The van der Waals surface area contributed by atoms with E-state index in [2.05, 4.69) is 0 Å². The molecule has 1 N–H and O–H groups in total. The molecule has 1 aromatic rings. The summed E-state index contributed by atoms with van der Waals surface area (Å²) < 4.78 is 0. The predicted molar refractivity (Wildman–Crippen MR) is 64.4 cm³/mol. The van der Waals surface area contributed by atoms with E-state index >= 15 is 0 Å². The topological polar surface area (TPSA) is 83.7 Å². The zero-order chi connectivity index (χ0) is 13.3. The lowest BCUT2D eigenvalue weighted by Crippen LogP contribution is -2.29. The van der Waals surface area contributed by atoms with Crippen LogP contribution in [0.5, 0.6) is 0 Å². The highest BCUT2D eigenvalue weighted by atomic mass is 16.6. The van der Waals surface area contributed by atoms with Crippen LogP contribution < -0.4 is 0 Å². The molecule has 1 aromatic carbocycles. The third-order valence-corrected chi connectivity index (χ3v) is 3.10. The molecule has 1 saturated heterocycles. The number of amides is 1. The van der Waals surface area contributed by atoms with Crippen molar-refractivity contribution in [3.05, 3.63) is 39.4 Å². The number of carbonyl (C=O) groups excluding carboxylic acids is 1. The summed E-state index contributed by atoms with van der Waals surface area (Å²) in [7, 11) is 0. The molecule has 18 heavy (non-hydrogen) atoms. The summed E-state index contributed by atoms with van der Waals surface area (Å²) >= 11 is 0. The van der Waals surface area contributed by atoms with Gasteiger partial charge in [0.25, 0.3) is 11.6 Å². The van der Waals surface area contributed by atoms with Crippen molar-refractivity contribution in [2.75, 3.05) is 13.1 Å². The van der Waals surface area contributed by atoms with E-state index in [0.29, 0.717) is 30.6 Å². The Morgan fingerprint density at radius 1 is 1.56 bits per heavy atom. The molecule has 0 spiro atoms. The Morgan fingerprint density at radius 3 is 2.83 bits per heavy atom. The van der Waals surface area contributed by atoms with Crippen molar-refractivity contribution in [2.45, 2.75) is 19.4 Å². The van der Waals surface area contributed by atoms with Crippen molar-refractivity contribution in [3.63, 3.8) is 0 Å². The Hall–Kier alpha value is -1.95. The number of benzene rings is 1. The Labute approximate surface area is 104 Å². The number of carbonyl (C=O) groups is 1. The molecule has 2 rings (SSSR count). The fourth-order valence-corrected chi connectivity index (χ4v) is 2.05. The van der Waals surface area contributed by atoms with Gasteiger partial charge in [0.2, 0.25) is 0 Å². The molecule has 96 valence electrons. The Bertz CT molecular complexity index is 501. The first kappa shape index (κ1) is 12.5. The van der Waals surface area contributed by atoms with Crippen LogP contribution in [0.15, 0.2) is 18.2 Å². The van der Waals surface area contributed by atoms with Crippen LogP contribution in [0.25, 0.3) is 0 Å². The number of aliphatic hydroxyl groups is 1. The van der Waals surface area contributed by atoms with E-state index in [9.17, 15) is 20.0 Å². The van der Waals surface area contributed by atoms with E-state index in [1.54, 1.807) is 19.1 Å². The molecule has 0 unspecified atom stereocenters. The van der Waals surface area contributed by atoms with Crippen LogP contribution in [0.3, 0.4) is 0 Å². The molecule has 0 radical (unpaired) electrons. The van der Waals surface area contributed by atoms with Crippen molar-refractivity contribution < 1.29 is 14.8 Å². The minimum Gasteiger partial charge on any atom is -0.391 e. The fraction of sp³-hybridized carbons (Fsp3) is 0.417. The second kappa shape index (κ2) is 4.73. The minimum atomic E-state index is -0.495. The van der Waals surface area contributed by atoms with E-state index in [4.69, 9.17) is 0 Å². The van der Waals surface area contributed by atoms with Crippen LogP contribution in [0.1, 0.15) is 22.3 Å². The highest BCUT2D eigenvalue weighted by Gasteiger charge is 2.26. The van der Waals surface area contributed by atoms with Crippen LogP contribution in [-0.4, -0.2) is 40.0 Å². The standard InChI is InChI=1S/C12H14N2O4/c1-8-2-3-9(6-11(8)14(17)18)12(16)13-5-4-10(15)7-13/h2-3,6,10,15H,4-5,7H2,1H3/t10-/m0/s1. The van der Waals surface area contributed by atoms with Gasteiger partial charge in [-0.15, -0.1) is 0 Å². The molecular formula is C12H14N2O4. The molecule has 0 aliphatic carbocycles. The predicted octanol–water partition coefficient (Wildman–Crippen LogP) is 1.11. The summed E-state index contributed by atoms with van der Waals surface area (Å²) in [4.78, 5) is 23.9. The number of β-amino-alcohol motifs (C(OH)–C–C–N with tert-alkyl or cyclic N) is 1. The number of hydrogen-bond donors (Lipinski definition) is 1. The lowest BCUT2D eigenvalue weighted by Gasteiger charge is -2.15. The van der Waals surface area contributed by atoms with Crippen LogP contribution in [0.2, 0.25) is 0 Å². The number of nitro benzene ring substituents is 1. The van der Waals surface area contributed by atoms with Gasteiger partial charge in [0, 0.05) is 30.3 Å². The molecule has 6 heteroatoms. The molecule has 0 aromatic heterocycles. The van der Waals surface area contributed by atoms with Gasteiger partial charge in [0.1, 0.15) is 0 Å². The molecule has 0 bridgehead atoms. The number of nitrogens with zero attached hydrogens (tertiary/aromatic N) is 2. The lowest BCUT2D eigenvalue weighted by molar-refractivity contribution is -0.385. The van der Waals surface area contributed by atoms with Crippen molar-refractivity contribution >= 4 is 11.6 Å². The molecule has 1 aliphatic heterocycles. The number of nitro groups is 1. The van der Waals surface area contributed by atoms with Crippen molar-refractivity contribution in [1.82, 2.24) is 4.90 Å². The van der Waals surface area contributed by atoms with Gasteiger partial charge in [-0.2, -0.15) is 0 Å². The maximum absolute atomic E-state index is 12.1. The maximum atomic E-state index is 12.1. The SMILES string of the molecule is Cc1ccc(C(=O)N2CC[C@H](O)C2)cc1[N+](=O)[O-]. The molecular weight excluding hydrogens is 236 g/mol. The quantitative estimate of drug-likeness (QED) is 0.629. The molecule has 1 aliphatic rings. The van der Waals surface area contributed by atoms with Gasteiger partial charge in [0.15, 0.2) is 0 Å². The third-order valence-electron chi connectivity index (χ3n) is 3.10. The Morgan fingerprint density at radius 2 is 2.28 bits per heavy atom. The van der Waals surface area contributed by atoms with Crippen molar-refractivity contribution in [3.8, 4) is 0 Å². The van der Waals surface area contributed by atoms with E-state index in [1.807, 2.05) is 0 Å². The monoisotopic (exact) mass is 250 g/mol. The minimum absolute atomic E-state index is 0.0550. The summed E-state index contributed by atoms with van der Waals surface area (Å²) in [6.07, 6.45) is 0.0639. The van der Waals surface area contributed by atoms with Gasteiger partial charge in [-0.3, -0.25) is 14.9 Å². The van der Waals surface area contributed by atoms with Crippen LogP contribution in [-0.2, 0) is 0 Å². The lowest BCUT2D eigenvalue weighted by atomic mass is 10.1. The molecule has 1 heterocycles. The molecule has 1 atom stereocenters. The summed E-state index contributed by atoms with van der Waals surface area (Å²) in [5, 5.41) is 20.2. The molecule has 1 amide bonds.